The van der Waals surface area contributed by atoms with Crippen LogP contribution in [-0.2, 0) is 22.9 Å². The third-order valence-corrected chi connectivity index (χ3v) is 6.57. The highest BCUT2D eigenvalue weighted by molar-refractivity contribution is 6.14. The summed E-state index contributed by atoms with van der Waals surface area (Å²) in [6, 6.07) is 8.88. The minimum Gasteiger partial charge on any atom is -0.494 e. The van der Waals surface area contributed by atoms with Crippen molar-refractivity contribution in [3.63, 3.8) is 0 Å². The SMILES string of the molecule is CC(Cc1ccc2c(c1)c(C1=NCCOC1)c(O)n2C1CCOCC1)c1ccnn1C. The second-order valence-corrected chi connectivity index (χ2v) is 8.63. The van der Waals surface area contributed by atoms with Crippen molar-refractivity contribution in [2.45, 2.75) is 38.1 Å². The van der Waals surface area contributed by atoms with Gasteiger partial charge in [0.05, 0.1) is 36.6 Å². The lowest BCUT2D eigenvalue weighted by Gasteiger charge is -2.25. The summed E-state index contributed by atoms with van der Waals surface area (Å²) in [6.45, 7) is 5.39. The largest absolute Gasteiger partial charge is 0.494 e. The fourth-order valence-corrected chi connectivity index (χ4v) is 5.01. The van der Waals surface area contributed by atoms with E-state index in [0.29, 0.717) is 31.6 Å². The van der Waals surface area contributed by atoms with Gasteiger partial charge in [0.25, 0.3) is 0 Å². The van der Waals surface area contributed by atoms with Gasteiger partial charge in [0.1, 0.15) is 0 Å². The van der Waals surface area contributed by atoms with Crippen LogP contribution in [0.25, 0.3) is 10.9 Å². The lowest BCUT2D eigenvalue weighted by Crippen LogP contribution is -2.20. The number of rotatable bonds is 5. The Kier molecular flexibility index (Phi) is 5.54. The van der Waals surface area contributed by atoms with Crippen molar-refractivity contribution in [2.24, 2.45) is 12.0 Å². The third kappa shape index (κ3) is 3.77. The van der Waals surface area contributed by atoms with Crippen LogP contribution >= 0.6 is 0 Å². The molecule has 2 aliphatic heterocycles. The number of aromatic nitrogens is 3. The smallest absolute Gasteiger partial charge is 0.201 e. The summed E-state index contributed by atoms with van der Waals surface area (Å²) < 4.78 is 15.3. The molecule has 4 heterocycles. The molecule has 0 spiro atoms. The van der Waals surface area contributed by atoms with Gasteiger partial charge in [0.15, 0.2) is 0 Å². The summed E-state index contributed by atoms with van der Waals surface area (Å²) in [5.74, 6) is 0.651. The van der Waals surface area contributed by atoms with Crippen LogP contribution in [0.2, 0.25) is 0 Å². The van der Waals surface area contributed by atoms with Gasteiger partial charge in [-0.1, -0.05) is 13.0 Å². The van der Waals surface area contributed by atoms with E-state index < -0.39 is 0 Å². The zero-order valence-corrected chi connectivity index (χ0v) is 18.3. The van der Waals surface area contributed by atoms with Crippen molar-refractivity contribution in [2.75, 3.05) is 33.0 Å². The van der Waals surface area contributed by atoms with Gasteiger partial charge in [0.2, 0.25) is 5.88 Å². The number of hydrogen-bond acceptors (Lipinski definition) is 5. The highest BCUT2D eigenvalue weighted by atomic mass is 16.5. The summed E-state index contributed by atoms with van der Waals surface area (Å²) in [5, 5.41) is 16.7. The van der Waals surface area contributed by atoms with E-state index in [4.69, 9.17) is 14.5 Å². The average Bonchev–Trinajstić information content (AvgIpc) is 3.35. The molecule has 3 aromatic rings. The van der Waals surface area contributed by atoms with Gasteiger partial charge in [-0.3, -0.25) is 9.67 Å². The number of aryl methyl sites for hydroxylation is 1. The molecule has 0 bridgehead atoms. The van der Waals surface area contributed by atoms with Gasteiger partial charge in [-0.05, 0) is 43.0 Å². The molecule has 1 saturated heterocycles. The number of fused-ring (bicyclic) bond motifs is 1. The molecule has 0 radical (unpaired) electrons. The molecule has 0 aliphatic carbocycles. The van der Waals surface area contributed by atoms with E-state index in [1.807, 2.05) is 17.9 Å². The summed E-state index contributed by atoms with van der Waals surface area (Å²) >= 11 is 0. The zero-order valence-electron chi connectivity index (χ0n) is 18.3. The summed E-state index contributed by atoms with van der Waals surface area (Å²) in [7, 11) is 1.99. The van der Waals surface area contributed by atoms with Crippen molar-refractivity contribution in [1.29, 1.82) is 0 Å². The predicted molar refractivity (Wildman–Crippen MR) is 120 cm³/mol. The van der Waals surface area contributed by atoms with Gasteiger partial charge in [0, 0.05) is 49.5 Å². The first-order valence-corrected chi connectivity index (χ1v) is 11.2. The summed E-state index contributed by atoms with van der Waals surface area (Å²) in [5.41, 5.74) is 5.19. The fraction of sp³-hybridized carbons (Fsp3) is 0.500. The van der Waals surface area contributed by atoms with Crippen LogP contribution in [0.3, 0.4) is 0 Å². The molecule has 1 atom stereocenters. The normalized spacial score (nSPS) is 19.0. The van der Waals surface area contributed by atoms with E-state index in [9.17, 15) is 5.11 Å². The average molecular weight is 423 g/mol. The van der Waals surface area contributed by atoms with Crippen LogP contribution in [-0.4, -0.2) is 58.1 Å². The number of ether oxygens (including phenoxy) is 2. The van der Waals surface area contributed by atoms with E-state index in [2.05, 4.69) is 40.9 Å². The molecule has 1 fully saturated rings. The molecule has 31 heavy (non-hydrogen) atoms. The first kappa shape index (κ1) is 20.3. The van der Waals surface area contributed by atoms with Crippen LogP contribution in [0.5, 0.6) is 5.88 Å². The van der Waals surface area contributed by atoms with Crippen molar-refractivity contribution >= 4 is 16.6 Å². The van der Waals surface area contributed by atoms with Crippen LogP contribution in [0.15, 0.2) is 35.5 Å². The van der Waals surface area contributed by atoms with Crippen LogP contribution < -0.4 is 0 Å². The van der Waals surface area contributed by atoms with Gasteiger partial charge in [-0.25, -0.2) is 0 Å². The topological polar surface area (TPSA) is 73.8 Å². The molecule has 0 saturated carbocycles. The minimum atomic E-state index is 0.231. The van der Waals surface area contributed by atoms with E-state index in [1.165, 1.54) is 11.3 Å². The molecular formula is C24H30N4O3. The Morgan fingerprint density at radius 1 is 1.16 bits per heavy atom. The van der Waals surface area contributed by atoms with E-state index in [1.54, 1.807) is 0 Å². The molecular weight excluding hydrogens is 392 g/mol. The van der Waals surface area contributed by atoms with E-state index >= 15 is 0 Å². The number of aliphatic imine (C=N–C) groups is 1. The molecule has 7 heteroatoms. The summed E-state index contributed by atoms with van der Waals surface area (Å²) in [6.07, 6.45) is 4.56. The molecule has 2 aliphatic rings. The Labute approximate surface area is 182 Å². The monoisotopic (exact) mass is 422 g/mol. The number of hydrogen-bond donors (Lipinski definition) is 1. The van der Waals surface area contributed by atoms with Gasteiger partial charge >= 0.3 is 0 Å². The molecule has 164 valence electrons. The Hall–Kier alpha value is -2.64. The minimum absolute atomic E-state index is 0.231. The highest BCUT2D eigenvalue weighted by Gasteiger charge is 2.27. The first-order valence-electron chi connectivity index (χ1n) is 11.2. The maximum atomic E-state index is 11.4. The highest BCUT2D eigenvalue weighted by Crippen LogP contribution is 2.39. The molecule has 1 aromatic carbocycles. The number of nitrogens with zero attached hydrogens (tertiary/aromatic N) is 4. The van der Waals surface area contributed by atoms with Gasteiger partial charge < -0.3 is 19.1 Å². The molecule has 2 aromatic heterocycles. The van der Waals surface area contributed by atoms with Crippen LogP contribution in [0, 0.1) is 0 Å². The molecule has 5 rings (SSSR count). The Bertz CT molecular complexity index is 1110. The third-order valence-electron chi connectivity index (χ3n) is 6.57. The maximum absolute atomic E-state index is 11.4. The Balaban J connectivity index is 1.58. The van der Waals surface area contributed by atoms with Crippen LogP contribution in [0.4, 0.5) is 0 Å². The fourth-order valence-electron chi connectivity index (χ4n) is 5.01. The molecule has 0 amide bonds. The standard InChI is InChI=1S/C24H30N4O3/c1-16(21-5-8-26-27(21)2)13-17-3-4-22-19(14-17)23(20-15-31-12-9-25-20)24(29)28(22)18-6-10-30-11-7-18/h3-5,8,14,16,18,29H,6-7,9-13,15H2,1-2H3. The second kappa shape index (κ2) is 8.48. The Morgan fingerprint density at radius 3 is 2.71 bits per heavy atom. The van der Waals surface area contributed by atoms with Crippen molar-refractivity contribution in [3.05, 3.63) is 47.3 Å². The summed E-state index contributed by atoms with van der Waals surface area (Å²) in [4.78, 5) is 4.69. The van der Waals surface area contributed by atoms with Crippen molar-refractivity contribution < 1.29 is 14.6 Å². The lowest BCUT2D eigenvalue weighted by molar-refractivity contribution is 0.0688. The molecule has 1 unspecified atom stereocenters. The van der Waals surface area contributed by atoms with Crippen LogP contribution in [0.1, 0.15) is 48.5 Å². The molecule has 1 N–H and O–H groups in total. The van der Waals surface area contributed by atoms with Crippen molar-refractivity contribution in [3.8, 4) is 5.88 Å². The maximum Gasteiger partial charge on any atom is 0.201 e. The first-order chi connectivity index (χ1) is 15.1. The van der Waals surface area contributed by atoms with Gasteiger partial charge in [-0.2, -0.15) is 5.10 Å². The lowest BCUT2D eigenvalue weighted by atomic mass is 9.96. The Morgan fingerprint density at radius 2 is 2.00 bits per heavy atom. The van der Waals surface area contributed by atoms with Gasteiger partial charge in [-0.15, -0.1) is 0 Å². The molecule has 7 nitrogen and oxygen atoms in total. The van der Waals surface area contributed by atoms with E-state index in [-0.39, 0.29) is 6.04 Å². The second-order valence-electron chi connectivity index (χ2n) is 8.63. The number of aromatic hydroxyl groups is 1. The quantitative estimate of drug-likeness (QED) is 0.682. The predicted octanol–water partition coefficient (Wildman–Crippen LogP) is 3.60. The van der Waals surface area contributed by atoms with E-state index in [0.717, 1.165) is 54.7 Å². The zero-order chi connectivity index (χ0) is 21.4. The number of benzene rings is 1. The van der Waals surface area contributed by atoms with Crippen molar-refractivity contribution in [1.82, 2.24) is 14.3 Å².